The van der Waals surface area contributed by atoms with Crippen LogP contribution in [0, 0.1) is 0 Å². The first-order valence-electron chi connectivity index (χ1n) is 8.39. The van der Waals surface area contributed by atoms with Crippen LogP contribution in [0.3, 0.4) is 0 Å². The Morgan fingerprint density at radius 2 is 2.04 bits per heavy atom. The standard InChI is InChI=1S/C18H24N4O3/c1-22-12-11-20-16(22)13-25-15-5-3-14(4-6-15)21-17(23)18(24-2)7-9-19-10-8-18/h3-6,11-12,19H,7-10,13H2,1-2H3,(H,21,23). The van der Waals surface area contributed by atoms with Crippen molar-refractivity contribution in [2.75, 3.05) is 25.5 Å². The van der Waals surface area contributed by atoms with Gasteiger partial charge in [-0.2, -0.15) is 0 Å². The molecule has 1 aromatic heterocycles. The Bertz CT molecular complexity index is 705. The molecule has 7 nitrogen and oxygen atoms in total. The van der Waals surface area contributed by atoms with Gasteiger partial charge < -0.3 is 24.7 Å². The molecule has 0 spiro atoms. The summed E-state index contributed by atoms with van der Waals surface area (Å²) < 4.78 is 13.2. The topological polar surface area (TPSA) is 77.4 Å². The number of piperidine rings is 1. The summed E-state index contributed by atoms with van der Waals surface area (Å²) >= 11 is 0. The highest BCUT2D eigenvalue weighted by Crippen LogP contribution is 2.25. The maximum atomic E-state index is 12.6. The molecule has 0 aliphatic carbocycles. The number of nitrogens with zero attached hydrogens (tertiary/aromatic N) is 2. The van der Waals surface area contributed by atoms with E-state index in [-0.39, 0.29) is 5.91 Å². The number of aromatic nitrogens is 2. The van der Waals surface area contributed by atoms with Gasteiger partial charge in [0.15, 0.2) is 0 Å². The Balaban J connectivity index is 1.58. The van der Waals surface area contributed by atoms with E-state index in [0.717, 1.165) is 30.4 Å². The van der Waals surface area contributed by atoms with E-state index in [1.807, 2.05) is 42.1 Å². The van der Waals surface area contributed by atoms with Gasteiger partial charge in [-0.1, -0.05) is 0 Å². The molecule has 1 aliphatic heterocycles. The van der Waals surface area contributed by atoms with Gasteiger partial charge in [0.2, 0.25) is 0 Å². The zero-order valence-electron chi connectivity index (χ0n) is 14.6. The van der Waals surface area contributed by atoms with Gasteiger partial charge in [-0.25, -0.2) is 4.98 Å². The van der Waals surface area contributed by atoms with Crippen molar-refractivity contribution in [3.05, 3.63) is 42.5 Å². The van der Waals surface area contributed by atoms with E-state index < -0.39 is 5.60 Å². The number of anilines is 1. The molecule has 1 saturated heterocycles. The second-order valence-corrected chi connectivity index (χ2v) is 6.17. The first-order valence-corrected chi connectivity index (χ1v) is 8.39. The number of imidazole rings is 1. The lowest BCUT2D eigenvalue weighted by Gasteiger charge is -2.34. The lowest BCUT2D eigenvalue weighted by atomic mass is 9.91. The minimum absolute atomic E-state index is 0.0989. The number of benzene rings is 1. The fraction of sp³-hybridized carbons (Fsp3) is 0.444. The average molecular weight is 344 g/mol. The van der Waals surface area contributed by atoms with Crippen LogP contribution < -0.4 is 15.4 Å². The zero-order valence-corrected chi connectivity index (χ0v) is 14.6. The number of nitrogens with one attached hydrogen (secondary N) is 2. The monoisotopic (exact) mass is 344 g/mol. The highest BCUT2D eigenvalue weighted by Gasteiger charge is 2.39. The molecule has 0 radical (unpaired) electrons. The SMILES string of the molecule is COC1(C(=O)Nc2ccc(OCc3nccn3C)cc2)CCNCC1. The van der Waals surface area contributed by atoms with Crippen molar-refractivity contribution in [2.24, 2.45) is 7.05 Å². The highest BCUT2D eigenvalue weighted by molar-refractivity contribution is 5.97. The number of ether oxygens (including phenoxy) is 2. The second kappa shape index (κ2) is 7.67. The molecule has 1 fully saturated rings. The summed E-state index contributed by atoms with van der Waals surface area (Å²) in [6.07, 6.45) is 4.95. The van der Waals surface area contributed by atoms with Crippen LogP contribution in [0.5, 0.6) is 5.75 Å². The molecule has 0 atom stereocenters. The average Bonchev–Trinajstić information content (AvgIpc) is 3.06. The minimum Gasteiger partial charge on any atom is -0.486 e. The van der Waals surface area contributed by atoms with E-state index in [1.165, 1.54) is 0 Å². The number of methoxy groups -OCH3 is 1. The number of hydrogen-bond donors (Lipinski definition) is 2. The minimum atomic E-state index is -0.751. The van der Waals surface area contributed by atoms with Crippen molar-refractivity contribution in [1.82, 2.24) is 14.9 Å². The van der Waals surface area contributed by atoms with Crippen LogP contribution in [0.15, 0.2) is 36.7 Å². The van der Waals surface area contributed by atoms with Crippen molar-refractivity contribution >= 4 is 11.6 Å². The summed E-state index contributed by atoms with van der Waals surface area (Å²) in [5.41, 5.74) is -0.0252. The quantitative estimate of drug-likeness (QED) is 0.834. The Labute approximate surface area is 147 Å². The zero-order chi connectivity index (χ0) is 17.7. The first-order chi connectivity index (χ1) is 12.1. The van der Waals surface area contributed by atoms with E-state index in [0.29, 0.717) is 19.4 Å². The highest BCUT2D eigenvalue weighted by atomic mass is 16.5. The van der Waals surface area contributed by atoms with Crippen LogP contribution in [0.2, 0.25) is 0 Å². The molecule has 1 amide bonds. The van der Waals surface area contributed by atoms with Crippen molar-refractivity contribution in [3.8, 4) is 5.75 Å². The number of carbonyl (C=O) groups excluding carboxylic acids is 1. The van der Waals surface area contributed by atoms with Crippen LogP contribution in [0.4, 0.5) is 5.69 Å². The first kappa shape index (κ1) is 17.4. The van der Waals surface area contributed by atoms with Gasteiger partial charge in [0.05, 0.1) is 0 Å². The molecular formula is C18H24N4O3. The van der Waals surface area contributed by atoms with Gasteiger partial charge in [-0.05, 0) is 50.2 Å². The van der Waals surface area contributed by atoms with Gasteiger partial charge in [0.1, 0.15) is 23.8 Å². The lowest BCUT2D eigenvalue weighted by Crippen LogP contribution is -2.51. The maximum Gasteiger partial charge on any atom is 0.256 e. The van der Waals surface area contributed by atoms with Gasteiger partial charge in [0.25, 0.3) is 5.91 Å². The Hall–Kier alpha value is -2.38. The summed E-state index contributed by atoms with van der Waals surface area (Å²) in [5, 5.41) is 6.19. The van der Waals surface area contributed by atoms with Crippen molar-refractivity contribution < 1.29 is 14.3 Å². The molecule has 2 heterocycles. The molecule has 3 rings (SSSR count). The second-order valence-electron chi connectivity index (χ2n) is 6.17. The molecular weight excluding hydrogens is 320 g/mol. The number of amides is 1. The number of carbonyl (C=O) groups is 1. The van der Waals surface area contributed by atoms with E-state index in [4.69, 9.17) is 9.47 Å². The molecule has 134 valence electrons. The summed E-state index contributed by atoms with van der Waals surface area (Å²) in [4.78, 5) is 16.8. The van der Waals surface area contributed by atoms with Gasteiger partial charge in [0, 0.05) is 32.2 Å². The van der Waals surface area contributed by atoms with Gasteiger partial charge in [-0.15, -0.1) is 0 Å². The van der Waals surface area contributed by atoms with Crippen LogP contribution in [0.25, 0.3) is 0 Å². The number of rotatable bonds is 6. The maximum absolute atomic E-state index is 12.6. The largest absolute Gasteiger partial charge is 0.486 e. The van der Waals surface area contributed by atoms with E-state index in [1.54, 1.807) is 13.3 Å². The molecule has 25 heavy (non-hydrogen) atoms. The van der Waals surface area contributed by atoms with Crippen molar-refractivity contribution in [3.63, 3.8) is 0 Å². The third-order valence-corrected chi connectivity index (χ3v) is 4.62. The van der Waals surface area contributed by atoms with Gasteiger partial charge >= 0.3 is 0 Å². The number of hydrogen-bond acceptors (Lipinski definition) is 5. The Morgan fingerprint density at radius 3 is 2.64 bits per heavy atom. The molecule has 1 aliphatic rings. The Kier molecular flexibility index (Phi) is 5.35. The predicted molar refractivity (Wildman–Crippen MR) is 94.5 cm³/mol. The molecule has 1 aromatic carbocycles. The molecule has 7 heteroatoms. The lowest BCUT2D eigenvalue weighted by molar-refractivity contribution is -0.140. The van der Waals surface area contributed by atoms with Crippen LogP contribution in [-0.4, -0.2) is 41.3 Å². The molecule has 2 aromatic rings. The van der Waals surface area contributed by atoms with Crippen LogP contribution >= 0.6 is 0 Å². The summed E-state index contributed by atoms with van der Waals surface area (Å²) in [7, 11) is 3.52. The Morgan fingerprint density at radius 1 is 1.32 bits per heavy atom. The molecule has 0 bridgehead atoms. The molecule has 2 N–H and O–H groups in total. The fourth-order valence-electron chi connectivity index (χ4n) is 2.92. The molecule has 0 saturated carbocycles. The summed E-state index contributed by atoms with van der Waals surface area (Å²) in [5.74, 6) is 1.48. The summed E-state index contributed by atoms with van der Waals surface area (Å²) in [6, 6.07) is 7.33. The number of aryl methyl sites for hydroxylation is 1. The normalized spacial score (nSPS) is 16.4. The summed E-state index contributed by atoms with van der Waals surface area (Å²) in [6.45, 7) is 1.96. The van der Waals surface area contributed by atoms with E-state index in [9.17, 15) is 4.79 Å². The predicted octanol–water partition coefficient (Wildman–Crippen LogP) is 1.71. The van der Waals surface area contributed by atoms with Gasteiger partial charge in [-0.3, -0.25) is 4.79 Å². The smallest absolute Gasteiger partial charge is 0.256 e. The van der Waals surface area contributed by atoms with E-state index >= 15 is 0 Å². The van der Waals surface area contributed by atoms with Crippen molar-refractivity contribution in [2.45, 2.75) is 25.0 Å². The van der Waals surface area contributed by atoms with Crippen LogP contribution in [0.1, 0.15) is 18.7 Å². The fourth-order valence-corrected chi connectivity index (χ4v) is 2.92. The van der Waals surface area contributed by atoms with Crippen LogP contribution in [-0.2, 0) is 23.2 Å². The third kappa shape index (κ3) is 4.00. The van der Waals surface area contributed by atoms with Crippen molar-refractivity contribution in [1.29, 1.82) is 0 Å². The van der Waals surface area contributed by atoms with E-state index in [2.05, 4.69) is 15.6 Å². The third-order valence-electron chi connectivity index (χ3n) is 4.62. The molecule has 0 unspecified atom stereocenters.